The Balaban J connectivity index is 1.85. The molecule has 1 nitrogen and oxygen atoms in total. The van der Waals surface area contributed by atoms with E-state index in [-0.39, 0.29) is 0 Å². The maximum atomic E-state index is 4.22. The standard InChI is InChI=1S/C14H23NS2/c16-12-6-4-2-1-3-5-7-13-17-14-8-10-15-11-9-14/h8-11,16H,1-7,12-13H2. The van der Waals surface area contributed by atoms with Gasteiger partial charge in [-0.05, 0) is 36.5 Å². The predicted molar refractivity (Wildman–Crippen MR) is 81.1 cm³/mol. The molecule has 0 amide bonds. The molecule has 0 aliphatic carbocycles. The van der Waals surface area contributed by atoms with Crippen molar-refractivity contribution in [2.45, 2.75) is 49.8 Å². The summed E-state index contributed by atoms with van der Waals surface area (Å²) >= 11 is 6.16. The second kappa shape index (κ2) is 11.0. The van der Waals surface area contributed by atoms with Crippen molar-refractivity contribution in [3.8, 4) is 0 Å². The third-order valence-electron chi connectivity index (χ3n) is 2.72. The molecule has 0 aromatic carbocycles. The Morgan fingerprint density at radius 2 is 1.47 bits per heavy atom. The first-order chi connectivity index (χ1) is 8.43. The van der Waals surface area contributed by atoms with Gasteiger partial charge in [-0.3, -0.25) is 4.98 Å². The second-order valence-electron chi connectivity index (χ2n) is 4.23. The van der Waals surface area contributed by atoms with Crippen molar-refractivity contribution >= 4 is 24.4 Å². The van der Waals surface area contributed by atoms with Crippen LogP contribution in [0.4, 0.5) is 0 Å². The lowest BCUT2D eigenvalue weighted by Gasteiger charge is -2.02. The van der Waals surface area contributed by atoms with Gasteiger partial charge in [0.05, 0.1) is 0 Å². The van der Waals surface area contributed by atoms with E-state index < -0.39 is 0 Å². The number of hydrogen-bond acceptors (Lipinski definition) is 3. The van der Waals surface area contributed by atoms with Crippen molar-refractivity contribution < 1.29 is 0 Å². The van der Waals surface area contributed by atoms with Crippen molar-refractivity contribution in [2.24, 2.45) is 0 Å². The summed E-state index contributed by atoms with van der Waals surface area (Å²) in [4.78, 5) is 5.36. The lowest BCUT2D eigenvalue weighted by Crippen LogP contribution is -1.84. The molecule has 0 radical (unpaired) electrons. The van der Waals surface area contributed by atoms with Gasteiger partial charge in [0.2, 0.25) is 0 Å². The third kappa shape index (κ3) is 8.56. The van der Waals surface area contributed by atoms with Crippen LogP contribution in [0.2, 0.25) is 0 Å². The van der Waals surface area contributed by atoms with Gasteiger partial charge in [0, 0.05) is 17.3 Å². The molecule has 1 rings (SSSR count). The highest BCUT2D eigenvalue weighted by atomic mass is 32.2. The summed E-state index contributed by atoms with van der Waals surface area (Å²) in [6, 6.07) is 4.17. The van der Waals surface area contributed by atoms with Crippen LogP contribution in [-0.4, -0.2) is 16.5 Å². The summed E-state index contributed by atoms with van der Waals surface area (Å²) in [5.41, 5.74) is 0. The summed E-state index contributed by atoms with van der Waals surface area (Å²) in [5, 5.41) is 0. The van der Waals surface area contributed by atoms with E-state index in [1.807, 2.05) is 24.2 Å². The molecule has 3 heteroatoms. The maximum Gasteiger partial charge on any atom is 0.0278 e. The van der Waals surface area contributed by atoms with Gasteiger partial charge in [0.1, 0.15) is 0 Å². The molecule has 96 valence electrons. The van der Waals surface area contributed by atoms with Crippen LogP contribution in [0.15, 0.2) is 29.4 Å². The van der Waals surface area contributed by atoms with E-state index in [4.69, 9.17) is 0 Å². The summed E-state index contributed by atoms with van der Waals surface area (Å²) in [6.45, 7) is 0. The topological polar surface area (TPSA) is 12.9 Å². The molecule has 0 aliphatic heterocycles. The normalized spacial score (nSPS) is 10.6. The fourth-order valence-corrected chi connectivity index (χ4v) is 2.84. The number of nitrogens with zero attached hydrogens (tertiary/aromatic N) is 1. The van der Waals surface area contributed by atoms with Crippen molar-refractivity contribution in [2.75, 3.05) is 11.5 Å². The number of thioether (sulfide) groups is 1. The van der Waals surface area contributed by atoms with Gasteiger partial charge in [-0.25, -0.2) is 0 Å². The Bertz CT molecular complexity index is 264. The average molecular weight is 269 g/mol. The highest BCUT2D eigenvalue weighted by Gasteiger charge is 1.94. The highest BCUT2D eigenvalue weighted by molar-refractivity contribution is 7.99. The second-order valence-corrected chi connectivity index (χ2v) is 5.85. The van der Waals surface area contributed by atoms with Crippen LogP contribution in [0, 0.1) is 0 Å². The molecule has 0 aliphatic rings. The van der Waals surface area contributed by atoms with Crippen molar-refractivity contribution in [3.05, 3.63) is 24.5 Å². The highest BCUT2D eigenvalue weighted by Crippen LogP contribution is 2.18. The van der Waals surface area contributed by atoms with Gasteiger partial charge in [0.25, 0.3) is 0 Å². The molecular weight excluding hydrogens is 246 g/mol. The number of aromatic nitrogens is 1. The Kier molecular flexibility index (Phi) is 9.62. The fourth-order valence-electron chi connectivity index (χ4n) is 1.72. The minimum absolute atomic E-state index is 1.04. The van der Waals surface area contributed by atoms with E-state index in [2.05, 4.69) is 29.7 Å². The molecule has 1 aromatic heterocycles. The van der Waals surface area contributed by atoms with Crippen molar-refractivity contribution in [3.63, 3.8) is 0 Å². The lowest BCUT2D eigenvalue weighted by atomic mass is 10.1. The van der Waals surface area contributed by atoms with E-state index in [0.717, 1.165) is 5.75 Å². The zero-order chi connectivity index (χ0) is 12.2. The van der Waals surface area contributed by atoms with Gasteiger partial charge >= 0.3 is 0 Å². The zero-order valence-electron chi connectivity index (χ0n) is 10.5. The van der Waals surface area contributed by atoms with Crippen molar-refractivity contribution in [1.82, 2.24) is 4.98 Å². The van der Waals surface area contributed by atoms with Crippen LogP contribution >= 0.6 is 24.4 Å². The van der Waals surface area contributed by atoms with Crippen LogP contribution in [0.3, 0.4) is 0 Å². The Hall–Kier alpha value is -0.150. The predicted octanol–water partition coefficient (Wildman–Crippen LogP) is 4.83. The molecule has 0 bridgehead atoms. The molecule has 0 atom stereocenters. The molecule has 17 heavy (non-hydrogen) atoms. The molecular formula is C14H23NS2. The Morgan fingerprint density at radius 3 is 2.12 bits per heavy atom. The largest absolute Gasteiger partial charge is 0.265 e. The molecule has 0 N–H and O–H groups in total. The van der Waals surface area contributed by atoms with Gasteiger partial charge in [-0.2, -0.15) is 12.6 Å². The van der Waals surface area contributed by atoms with E-state index in [1.54, 1.807) is 0 Å². The number of rotatable bonds is 10. The van der Waals surface area contributed by atoms with Gasteiger partial charge < -0.3 is 0 Å². The number of hydrogen-bond donors (Lipinski definition) is 1. The summed E-state index contributed by atoms with van der Waals surface area (Å²) in [7, 11) is 0. The minimum atomic E-state index is 1.04. The number of unbranched alkanes of at least 4 members (excludes halogenated alkanes) is 6. The minimum Gasteiger partial charge on any atom is -0.265 e. The summed E-state index contributed by atoms with van der Waals surface area (Å²) in [5.74, 6) is 2.28. The molecule has 0 unspecified atom stereocenters. The van der Waals surface area contributed by atoms with E-state index >= 15 is 0 Å². The van der Waals surface area contributed by atoms with Crippen LogP contribution in [0.25, 0.3) is 0 Å². The van der Waals surface area contributed by atoms with Crippen LogP contribution < -0.4 is 0 Å². The summed E-state index contributed by atoms with van der Waals surface area (Å²) in [6.07, 6.45) is 13.2. The molecule has 1 heterocycles. The number of thiol groups is 1. The van der Waals surface area contributed by atoms with Crippen molar-refractivity contribution in [1.29, 1.82) is 0 Å². The first kappa shape index (κ1) is 14.9. The summed E-state index contributed by atoms with van der Waals surface area (Å²) < 4.78 is 0. The SMILES string of the molecule is SCCCCCCCCCSc1ccncc1. The molecule has 0 fully saturated rings. The lowest BCUT2D eigenvalue weighted by molar-refractivity contribution is 0.605. The van der Waals surface area contributed by atoms with E-state index in [0.29, 0.717) is 0 Å². The first-order valence-corrected chi connectivity index (χ1v) is 8.19. The third-order valence-corrected chi connectivity index (χ3v) is 4.14. The Labute approximate surface area is 115 Å². The van der Waals surface area contributed by atoms with Gasteiger partial charge in [0.15, 0.2) is 0 Å². The average Bonchev–Trinajstić information content (AvgIpc) is 2.38. The van der Waals surface area contributed by atoms with Crippen LogP contribution in [0.1, 0.15) is 44.9 Å². The van der Waals surface area contributed by atoms with Gasteiger partial charge in [-0.1, -0.05) is 32.1 Å². The van der Waals surface area contributed by atoms with Crippen LogP contribution in [-0.2, 0) is 0 Å². The maximum absolute atomic E-state index is 4.22. The zero-order valence-corrected chi connectivity index (χ0v) is 12.2. The first-order valence-electron chi connectivity index (χ1n) is 6.57. The molecule has 0 spiro atoms. The Morgan fingerprint density at radius 1 is 0.882 bits per heavy atom. The number of pyridine rings is 1. The quantitative estimate of drug-likeness (QED) is 0.371. The monoisotopic (exact) mass is 269 g/mol. The molecule has 0 saturated carbocycles. The van der Waals surface area contributed by atoms with Gasteiger partial charge in [-0.15, -0.1) is 11.8 Å². The smallest absolute Gasteiger partial charge is 0.0278 e. The van der Waals surface area contributed by atoms with Crippen LogP contribution in [0.5, 0.6) is 0 Å². The van der Waals surface area contributed by atoms with E-state index in [1.165, 1.54) is 55.6 Å². The molecule has 1 aromatic rings. The fraction of sp³-hybridized carbons (Fsp3) is 0.643. The molecule has 0 saturated heterocycles. The van der Waals surface area contributed by atoms with E-state index in [9.17, 15) is 0 Å².